The van der Waals surface area contributed by atoms with Gasteiger partial charge in [-0.2, -0.15) is 4.31 Å². The number of carbonyl (C=O) groups excluding carboxylic acids is 1. The summed E-state index contributed by atoms with van der Waals surface area (Å²) in [6.45, 7) is 1.24. The minimum Gasteiger partial charge on any atom is -0.340 e. The molecule has 10 heteroatoms. The van der Waals surface area contributed by atoms with Gasteiger partial charge in [0.1, 0.15) is 0 Å². The quantitative estimate of drug-likeness (QED) is 0.707. The fourth-order valence-corrected chi connectivity index (χ4v) is 5.43. The summed E-state index contributed by atoms with van der Waals surface area (Å²) in [5, 5.41) is 0. The molecule has 0 atom stereocenters. The molecule has 4 rings (SSSR count). The zero-order valence-electron chi connectivity index (χ0n) is 15.3. The van der Waals surface area contributed by atoms with E-state index in [-0.39, 0.29) is 35.3 Å². The van der Waals surface area contributed by atoms with Crippen LogP contribution in [-0.2, 0) is 14.8 Å². The van der Waals surface area contributed by atoms with Crippen LogP contribution in [0.5, 0.6) is 0 Å². The van der Waals surface area contributed by atoms with E-state index in [9.17, 15) is 22.8 Å². The van der Waals surface area contributed by atoms with Gasteiger partial charge < -0.3 is 14.9 Å². The van der Waals surface area contributed by atoms with Gasteiger partial charge >= 0.3 is 11.1 Å². The molecule has 2 N–H and O–H groups in total. The van der Waals surface area contributed by atoms with E-state index in [1.165, 1.54) is 22.5 Å². The van der Waals surface area contributed by atoms with E-state index in [0.29, 0.717) is 18.6 Å². The molecule has 0 radical (unpaired) electrons. The Labute approximate surface area is 161 Å². The third-order valence-corrected chi connectivity index (χ3v) is 7.48. The van der Waals surface area contributed by atoms with E-state index in [2.05, 4.69) is 9.97 Å². The zero-order chi connectivity index (χ0) is 19.9. The number of aromatic nitrogens is 2. The second-order valence-electron chi connectivity index (χ2n) is 7.33. The largest absolute Gasteiger partial charge is 0.340 e. The lowest BCUT2D eigenvalue weighted by Crippen LogP contribution is -2.51. The van der Waals surface area contributed by atoms with Crippen molar-refractivity contribution in [3.63, 3.8) is 0 Å². The van der Waals surface area contributed by atoms with E-state index in [1.54, 1.807) is 4.90 Å². The average Bonchev–Trinajstić information content (AvgIpc) is 3.23. The second kappa shape index (κ2) is 7.17. The second-order valence-corrected chi connectivity index (χ2v) is 9.26. The first-order chi connectivity index (χ1) is 13.4. The highest BCUT2D eigenvalue weighted by Gasteiger charge is 2.33. The minimum atomic E-state index is -3.76. The number of hydrogen-bond acceptors (Lipinski definition) is 5. The van der Waals surface area contributed by atoms with Gasteiger partial charge in [-0.05, 0) is 31.0 Å². The SMILES string of the molecule is O=C(C1CCCC1)N1CCN(S(=O)(=O)c2ccc3[nH]c(=O)c(=O)[nH]c3c2)CC1. The Morgan fingerprint density at radius 1 is 0.929 bits per heavy atom. The molecule has 2 aromatic rings. The van der Waals surface area contributed by atoms with E-state index >= 15 is 0 Å². The van der Waals surface area contributed by atoms with Gasteiger partial charge in [0.05, 0.1) is 15.9 Å². The van der Waals surface area contributed by atoms with Crippen LogP contribution in [-0.4, -0.2) is 59.7 Å². The van der Waals surface area contributed by atoms with Crippen molar-refractivity contribution in [2.24, 2.45) is 5.92 Å². The monoisotopic (exact) mass is 406 g/mol. The van der Waals surface area contributed by atoms with Gasteiger partial charge in [-0.1, -0.05) is 12.8 Å². The summed E-state index contributed by atoms with van der Waals surface area (Å²) in [6.07, 6.45) is 4.02. The first kappa shape index (κ1) is 18.9. The summed E-state index contributed by atoms with van der Waals surface area (Å²) in [5.74, 6) is 0.226. The van der Waals surface area contributed by atoms with Gasteiger partial charge in [-0.15, -0.1) is 0 Å². The Hall–Kier alpha value is -2.46. The highest BCUT2D eigenvalue weighted by atomic mass is 32.2. The number of nitrogens with one attached hydrogen (secondary N) is 2. The average molecular weight is 406 g/mol. The molecule has 1 aliphatic carbocycles. The van der Waals surface area contributed by atoms with Crippen LogP contribution in [0.1, 0.15) is 25.7 Å². The summed E-state index contributed by atoms with van der Waals surface area (Å²) in [5.41, 5.74) is -1.01. The summed E-state index contributed by atoms with van der Waals surface area (Å²) in [6, 6.07) is 4.21. The number of nitrogens with zero attached hydrogens (tertiary/aromatic N) is 2. The molecule has 0 unspecified atom stereocenters. The maximum absolute atomic E-state index is 13.0. The maximum Gasteiger partial charge on any atom is 0.314 e. The molecule has 0 spiro atoms. The molecule has 9 nitrogen and oxygen atoms in total. The molecule has 1 aromatic heterocycles. The predicted octanol–water partition coefficient (Wildman–Crippen LogP) is 0.240. The molecule has 1 saturated carbocycles. The molecule has 0 bridgehead atoms. The highest BCUT2D eigenvalue weighted by molar-refractivity contribution is 7.89. The normalized spacial score (nSPS) is 19.4. The fraction of sp³-hybridized carbons (Fsp3) is 0.500. The topological polar surface area (TPSA) is 123 Å². The van der Waals surface area contributed by atoms with Crippen molar-refractivity contribution in [3.05, 3.63) is 38.9 Å². The number of benzene rings is 1. The number of rotatable bonds is 3. The zero-order valence-corrected chi connectivity index (χ0v) is 16.1. The number of H-pyrrole nitrogens is 2. The van der Waals surface area contributed by atoms with Crippen molar-refractivity contribution in [1.29, 1.82) is 0 Å². The first-order valence-corrected chi connectivity index (χ1v) is 10.9. The van der Waals surface area contributed by atoms with Crippen molar-refractivity contribution < 1.29 is 13.2 Å². The van der Waals surface area contributed by atoms with Gasteiger partial charge in [0.25, 0.3) is 0 Å². The van der Waals surface area contributed by atoms with Crippen LogP contribution >= 0.6 is 0 Å². The van der Waals surface area contributed by atoms with E-state index in [0.717, 1.165) is 25.7 Å². The van der Waals surface area contributed by atoms with Crippen molar-refractivity contribution in [1.82, 2.24) is 19.2 Å². The number of amides is 1. The molecule has 1 amide bonds. The van der Waals surface area contributed by atoms with Crippen LogP contribution in [0, 0.1) is 5.92 Å². The molecule has 28 heavy (non-hydrogen) atoms. The molecule has 2 fully saturated rings. The van der Waals surface area contributed by atoms with Crippen LogP contribution < -0.4 is 11.1 Å². The van der Waals surface area contributed by atoms with Crippen LogP contribution in [0.3, 0.4) is 0 Å². The lowest BCUT2D eigenvalue weighted by Gasteiger charge is -2.35. The Kier molecular flexibility index (Phi) is 4.84. The van der Waals surface area contributed by atoms with Crippen molar-refractivity contribution in [2.75, 3.05) is 26.2 Å². The van der Waals surface area contributed by atoms with Gasteiger partial charge in [0, 0.05) is 32.1 Å². The van der Waals surface area contributed by atoms with Gasteiger partial charge in [0.15, 0.2) is 0 Å². The molecular formula is C18H22N4O5S. The Morgan fingerprint density at radius 2 is 1.54 bits per heavy atom. The van der Waals surface area contributed by atoms with Crippen LogP contribution in [0.25, 0.3) is 11.0 Å². The summed E-state index contributed by atoms with van der Waals surface area (Å²) < 4.78 is 27.3. The summed E-state index contributed by atoms with van der Waals surface area (Å²) in [4.78, 5) is 42.0. The lowest BCUT2D eigenvalue weighted by molar-refractivity contribution is -0.136. The highest BCUT2D eigenvalue weighted by Crippen LogP contribution is 2.27. The number of hydrogen-bond donors (Lipinski definition) is 2. The van der Waals surface area contributed by atoms with Gasteiger partial charge in [0.2, 0.25) is 15.9 Å². The van der Waals surface area contributed by atoms with E-state index < -0.39 is 21.1 Å². The standard InChI is InChI=1S/C18H22N4O5S/c23-16-17(24)20-15-11-13(5-6-14(15)19-16)28(26,27)22-9-7-21(8-10-22)18(25)12-3-1-2-4-12/h5-6,11-12H,1-4,7-10H2,(H,19,23)(H,20,24). The van der Waals surface area contributed by atoms with Crippen LogP contribution in [0.15, 0.2) is 32.7 Å². The number of sulfonamides is 1. The Bertz CT molecular complexity index is 1120. The summed E-state index contributed by atoms with van der Waals surface area (Å²) in [7, 11) is -3.76. The molecule has 150 valence electrons. The Morgan fingerprint density at radius 3 is 2.18 bits per heavy atom. The fourth-order valence-electron chi connectivity index (χ4n) is 3.98. The smallest absolute Gasteiger partial charge is 0.314 e. The van der Waals surface area contributed by atoms with Crippen LogP contribution in [0.2, 0.25) is 0 Å². The number of piperazine rings is 1. The van der Waals surface area contributed by atoms with Crippen molar-refractivity contribution in [2.45, 2.75) is 30.6 Å². The maximum atomic E-state index is 13.0. The third kappa shape index (κ3) is 3.37. The molecule has 2 heterocycles. The van der Waals surface area contributed by atoms with Crippen molar-refractivity contribution >= 4 is 27.0 Å². The third-order valence-electron chi connectivity index (χ3n) is 5.59. The first-order valence-electron chi connectivity index (χ1n) is 9.41. The number of fused-ring (bicyclic) bond motifs is 1. The predicted molar refractivity (Wildman–Crippen MR) is 102 cm³/mol. The van der Waals surface area contributed by atoms with Crippen molar-refractivity contribution in [3.8, 4) is 0 Å². The minimum absolute atomic E-state index is 0.0401. The van der Waals surface area contributed by atoms with E-state index in [1.807, 2.05) is 0 Å². The molecule has 2 aliphatic rings. The molecule has 1 saturated heterocycles. The molecular weight excluding hydrogens is 384 g/mol. The number of carbonyl (C=O) groups is 1. The molecule has 1 aromatic carbocycles. The van der Waals surface area contributed by atoms with Gasteiger partial charge in [-0.3, -0.25) is 14.4 Å². The van der Waals surface area contributed by atoms with E-state index in [4.69, 9.17) is 0 Å². The Balaban J connectivity index is 1.52. The van der Waals surface area contributed by atoms with Crippen LogP contribution in [0.4, 0.5) is 0 Å². The summed E-state index contributed by atoms with van der Waals surface area (Å²) >= 11 is 0. The molecule has 1 aliphatic heterocycles. The van der Waals surface area contributed by atoms with Gasteiger partial charge in [-0.25, -0.2) is 8.42 Å². The number of aromatic amines is 2. The lowest BCUT2D eigenvalue weighted by atomic mass is 10.1.